The molecule has 0 fully saturated rings. The molecule has 0 aromatic heterocycles. The second-order valence-corrected chi connectivity index (χ2v) is 5.90. The number of carbonyl (C=O) groups is 1. The number of para-hydroxylation sites is 1. The summed E-state index contributed by atoms with van der Waals surface area (Å²) in [6.45, 7) is 6.82. The molecule has 122 valence electrons. The van der Waals surface area contributed by atoms with Crippen LogP contribution in [-0.4, -0.2) is 18.5 Å². The van der Waals surface area contributed by atoms with Crippen LogP contribution >= 0.6 is 0 Å². The first kappa shape index (κ1) is 17.0. The van der Waals surface area contributed by atoms with E-state index in [9.17, 15) is 9.18 Å². The number of benzene rings is 2. The SMILES string of the molecule is Cc1ccc(N(CCC(=O)Nc2ccccc2F)C(C)C)cc1. The van der Waals surface area contributed by atoms with Gasteiger partial charge in [-0.25, -0.2) is 4.39 Å². The lowest BCUT2D eigenvalue weighted by atomic mass is 10.1. The molecule has 0 atom stereocenters. The fourth-order valence-electron chi connectivity index (χ4n) is 2.42. The van der Waals surface area contributed by atoms with Crippen LogP contribution in [0, 0.1) is 12.7 Å². The van der Waals surface area contributed by atoms with E-state index >= 15 is 0 Å². The molecule has 0 aliphatic rings. The first-order chi connectivity index (χ1) is 11.0. The maximum Gasteiger partial charge on any atom is 0.226 e. The molecule has 2 rings (SSSR count). The standard InChI is InChI=1S/C19H23FN2O/c1-14(2)22(16-10-8-15(3)9-11-16)13-12-19(23)21-18-7-5-4-6-17(18)20/h4-11,14H,12-13H2,1-3H3,(H,21,23). The summed E-state index contributed by atoms with van der Waals surface area (Å²) < 4.78 is 13.6. The van der Waals surface area contributed by atoms with Crippen molar-refractivity contribution in [3.63, 3.8) is 0 Å². The fourth-order valence-corrected chi connectivity index (χ4v) is 2.42. The third-order valence-electron chi connectivity index (χ3n) is 3.72. The van der Waals surface area contributed by atoms with Crippen molar-refractivity contribution >= 4 is 17.3 Å². The smallest absolute Gasteiger partial charge is 0.226 e. The third kappa shape index (κ3) is 4.81. The molecule has 2 aromatic carbocycles. The van der Waals surface area contributed by atoms with Crippen molar-refractivity contribution in [1.82, 2.24) is 0 Å². The minimum absolute atomic E-state index is 0.187. The van der Waals surface area contributed by atoms with Gasteiger partial charge in [-0.2, -0.15) is 0 Å². The van der Waals surface area contributed by atoms with Gasteiger partial charge in [0, 0.05) is 24.7 Å². The van der Waals surface area contributed by atoms with Crippen molar-refractivity contribution in [2.45, 2.75) is 33.2 Å². The Hall–Kier alpha value is -2.36. The summed E-state index contributed by atoms with van der Waals surface area (Å²) in [4.78, 5) is 14.2. The maximum absolute atomic E-state index is 13.6. The Morgan fingerprint density at radius 3 is 2.39 bits per heavy atom. The van der Waals surface area contributed by atoms with Gasteiger partial charge in [0.15, 0.2) is 0 Å². The molecule has 1 amide bonds. The number of nitrogens with one attached hydrogen (secondary N) is 1. The Morgan fingerprint density at radius 2 is 1.78 bits per heavy atom. The Morgan fingerprint density at radius 1 is 1.13 bits per heavy atom. The van der Waals surface area contributed by atoms with Gasteiger partial charge in [-0.3, -0.25) is 4.79 Å². The Labute approximate surface area is 137 Å². The van der Waals surface area contributed by atoms with Crippen molar-refractivity contribution in [3.05, 3.63) is 59.9 Å². The number of hydrogen-bond donors (Lipinski definition) is 1. The minimum atomic E-state index is -0.417. The summed E-state index contributed by atoms with van der Waals surface area (Å²) >= 11 is 0. The Balaban J connectivity index is 1.97. The molecule has 0 spiro atoms. The number of carbonyl (C=O) groups excluding carboxylic acids is 1. The van der Waals surface area contributed by atoms with E-state index in [1.165, 1.54) is 11.6 Å². The summed E-state index contributed by atoms with van der Waals surface area (Å²) in [5.74, 6) is -0.604. The molecule has 23 heavy (non-hydrogen) atoms. The van der Waals surface area contributed by atoms with Gasteiger partial charge in [0.25, 0.3) is 0 Å². The monoisotopic (exact) mass is 314 g/mol. The molecular weight excluding hydrogens is 291 g/mol. The zero-order valence-corrected chi connectivity index (χ0v) is 13.8. The van der Waals surface area contributed by atoms with Gasteiger partial charge in [0.05, 0.1) is 5.69 Å². The van der Waals surface area contributed by atoms with Crippen molar-refractivity contribution in [1.29, 1.82) is 0 Å². The molecule has 0 aliphatic heterocycles. The van der Waals surface area contributed by atoms with Gasteiger partial charge < -0.3 is 10.2 Å². The van der Waals surface area contributed by atoms with Gasteiger partial charge in [0.2, 0.25) is 5.91 Å². The Kier molecular flexibility index (Phi) is 5.74. The maximum atomic E-state index is 13.6. The highest BCUT2D eigenvalue weighted by Gasteiger charge is 2.13. The van der Waals surface area contributed by atoms with Gasteiger partial charge in [-0.15, -0.1) is 0 Å². The van der Waals surface area contributed by atoms with Gasteiger partial charge in [-0.1, -0.05) is 29.8 Å². The van der Waals surface area contributed by atoms with Gasteiger partial charge in [0.1, 0.15) is 5.82 Å². The van der Waals surface area contributed by atoms with Crippen LogP contribution in [0.1, 0.15) is 25.8 Å². The van der Waals surface area contributed by atoms with Crippen molar-refractivity contribution in [3.8, 4) is 0 Å². The van der Waals surface area contributed by atoms with Crippen LogP contribution in [0.25, 0.3) is 0 Å². The quantitative estimate of drug-likeness (QED) is 0.858. The Bertz CT molecular complexity index is 653. The van der Waals surface area contributed by atoms with Crippen LogP contribution in [-0.2, 0) is 4.79 Å². The molecule has 0 unspecified atom stereocenters. The zero-order valence-electron chi connectivity index (χ0n) is 13.8. The number of anilines is 2. The van der Waals surface area contributed by atoms with Crippen LogP contribution in [0.15, 0.2) is 48.5 Å². The van der Waals surface area contributed by atoms with Crippen LogP contribution in [0.2, 0.25) is 0 Å². The molecular formula is C19H23FN2O. The summed E-state index contributed by atoms with van der Waals surface area (Å²) in [6, 6.07) is 14.7. The van der Waals surface area contributed by atoms with Crippen LogP contribution < -0.4 is 10.2 Å². The number of halogens is 1. The van der Waals surface area contributed by atoms with E-state index in [-0.39, 0.29) is 17.6 Å². The molecule has 0 aliphatic carbocycles. The van der Waals surface area contributed by atoms with E-state index in [2.05, 4.69) is 48.3 Å². The molecule has 0 saturated heterocycles. The largest absolute Gasteiger partial charge is 0.369 e. The summed E-state index contributed by atoms with van der Waals surface area (Å²) in [5.41, 5.74) is 2.52. The van der Waals surface area contributed by atoms with E-state index in [1.54, 1.807) is 18.2 Å². The second kappa shape index (κ2) is 7.77. The summed E-state index contributed by atoms with van der Waals surface area (Å²) in [7, 11) is 0. The van der Waals surface area contributed by atoms with Crippen molar-refractivity contribution < 1.29 is 9.18 Å². The highest BCUT2D eigenvalue weighted by atomic mass is 19.1. The predicted octanol–water partition coefficient (Wildman–Crippen LogP) is 4.38. The highest BCUT2D eigenvalue weighted by molar-refractivity contribution is 5.91. The lowest BCUT2D eigenvalue weighted by Gasteiger charge is -2.29. The number of aryl methyl sites for hydroxylation is 1. The molecule has 4 heteroatoms. The number of nitrogens with zero attached hydrogens (tertiary/aromatic N) is 1. The number of rotatable bonds is 6. The molecule has 0 radical (unpaired) electrons. The second-order valence-electron chi connectivity index (χ2n) is 5.90. The first-order valence-electron chi connectivity index (χ1n) is 7.85. The number of hydrogen-bond acceptors (Lipinski definition) is 2. The molecule has 2 aromatic rings. The predicted molar refractivity (Wildman–Crippen MR) is 93.3 cm³/mol. The molecule has 1 N–H and O–H groups in total. The zero-order chi connectivity index (χ0) is 16.8. The normalized spacial score (nSPS) is 10.7. The van der Waals surface area contributed by atoms with Gasteiger partial charge >= 0.3 is 0 Å². The minimum Gasteiger partial charge on any atom is -0.369 e. The molecule has 0 heterocycles. The average Bonchev–Trinajstić information content (AvgIpc) is 2.51. The summed E-state index contributed by atoms with van der Waals surface area (Å²) in [6.07, 6.45) is 0.306. The van der Waals surface area contributed by atoms with Crippen LogP contribution in [0.3, 0.4) is 0 Å². The van der Waals surface area contributed by atoms with E-state index in [0.717, 1.165) is 5.69 Å². The lowest BCUT2D eigenvalue weighted by molar-refractivity contribution is -0.116. The van der Waals surface area contributed by atoms with E-state index in [1.807, 2.05) is 6.92 Å². The number of amides is 1. The van der Waals surface area contributed by atoms with Gasteiger partial charge in [-0.05, 0) is 45.0 Å². The lowest BCUT2D eigenvalue weighted by Crippen LogP contribution is -2.33. The molecule has 3 nitrogen and oxygen atoms in total. The highest BCUT2D eigenvalue weighted by Crippen LogP contribution is 2.19. The fraction of sp³-hybridized carbons (Fsp3) is 0.316. The topological polar surface area (TPSA) is 32.3 Å². The average molecular weight is 314 g/mol. The summed E-state index contributed by atoms with van der Waals surface area (Å²) in [5, 5.41) is 2.62. The third-order valence-corrected chi connectivity index (χ3v) is 3.72. The first-order valence-corrected chi connectivity index (χ1v) is 7.85. The van der Waals surface area contributed by atoms with Crippen LogP contribution in [0.5, 0.6) is 0 Å². The van der Waals surface area contributed by atoms with E-state index in [0.29, 0.717) is 13.0 Å². The molecule has 0 bridgehead atoms. The van der Waals surface area contributed by atoms with Crippen molar-refractivity contribution in [2.75, 3.05) is 16.8 Å². The van der Waals surface area contributed by atoms with E-state index in [4.69, 9.17) is 0 Å². The van der Waals surface area contributed by atoms with E-state index < -0.39 is 5.82 Å². The molecule has 0 saturated carbocycles. The van der Waals surface area contributed by atoms with Crippen LogP contribution in [0.4, 0.5) is 15.8 Å². The van der Waals surface area contributed by atoms with Crippen molar-refractivity contribution in [2.24, 2.45) is 0 Å².